The number of carbonyl (C=O) groups is 2. The van der Waals surface area contributed by atoms with Crippen LogP contribution in [0, 0.1) is 0 Å². The normalized spacial score (nSPS) is 16.2. The highest BCUT2D eigenvalue weighted by Gasteiger charge is 2.24. The van der Waals surface area contributed by atoms with Crippen molar-refractivity contribution in [2.24, 2.45) is 4.99 Å². The standard InChI is InChI=1S/C21H16N4O4S/c1-2-29-19(28)15-11-22-20(23-17(15)26)25-21-24-18(27)16(30-21)10-13-8-5-7-12-6-3-4-9-14(12)13/h3-11H,2H2,1H3,(H2,22,23,24,25,26,27). The van der Waals surface area contributed by atoms with Crippen LogP contribution in [0.3, 0.4) is 0 Å². The van der Waals surface area contributed by atoms with Gasteiger partial charge in [-0.15, -0.1) is 0 Å². The number of carbonyl (C=O) groups excluding carboxylic acids is 2. The molecule has 1 aromatic heterocycles. The number of ether oxygens (including phenoxy) is 1. The van der Waals surface area contributed by atoms with Crippen molar-refractivity contribution in [1.82, 2.24) is 15.3 Å². The van der Waals surface area contributed by atoms with Crippen molar-refractivity contribution >= 4 is 51.6 Å². The van der Waals surface area contributed by atoms with E-state index in [0.717, 1.165) is 34.3 Å². The fourth-order valence-corrected chi connectivity index (χ4v) is 3.70. The van der Waals surface area contributed by atoms with Gasteiger partial charge in [-0.1, -0.05) is 42.5 Å². The maximum atomic E-state index is 12.4. The lowest BCUT2D eigenvalue weighted by Gasteiger charge is -2.02. The van der Waals surface area contributed by atoms with E-state index in [-0.39, 0.29) is 29.2 Å². The molecule has 0 bridgehead atoms. The van der Waals surface area contributed by atoms with E-state index in [0.29, 0.717) is 4.91 Å². The molecule has 8 nitrogen and oxygen atoms in total. The Hall–Kier alpha value is -3.72. The highest BCUT2D eigenvalue weighted by molar-refractivity contribution is 8.18. The van der Waals surface area contributed by atoms with Crippen LogP contribution < -0.4 is 10.9 Å². The summed E-state index contributed by atoms with van der Waals surface area (Å²) in [5, 5.41) is 5.04. The molecule has 1 amide bonds. The number of hydrogen-bond donors (Lipinski definition) is 2. The van der Waals surface area contributed by atoms with Crippen LogP contribution in [0.2, 0.25) is 0 Å². The van der Waals surface area contributed by atoms with Crippen LogP contribution >= 0.6 is 11.8 Å². The predicted octanol–water partition coefficient (Wildman–Crippen LogP) is 2.99. The zero-order valence-corrected chi connectivity index (χ0v) is 16.7. The number of thioether (sulfide) groups is 1. The summed E-state index contributed by atoms with van der Waals surface area (Å²) in [6, 6.07) is 13.8. The number of benzene rings is 2. The number of nitrogens with one attached hydrogen (secondary N) is 2. The molecule has 3 aromatic rings. The maximum Gasteiger partial charge on any atom is 0.345 e. The number of nitrogens with zero attached hydrogens (tertiary/aromatic N) is 2. The Morgan fingerprint density at radius 2 is 2.00 bits per heavy atom. The largest absolute Gasteiger partial charge is 0.462 e. The van der Waals surface area contributed by atoms with Crippen molar-refractivity contribution in [3.63, 3.8) is 0 Å². The van der Waals surface area contributed by atoms with Crippen LogP contribution in [-0.4, -0.2) is 33.6 Å². The summed E-state index contributed by atoms with van der Waals surface area (Å²) in [4.78, 5) is 47.1. The van der Waals surface area contributed by atoms with E-state index in [4.69, 9.17) is 4.74 Å². The van der Waals surface area contributed by atoms with E-state index in [2.05, 4.69) is 20.3 Å². The van der Waals surface area contributed by atoms with Gasteiger partial charge in [-0.05, 0) is 41.1 Å². The first-order chi connectivity index (χ1) is 14.5. The lowest BCUT2D eigenvalue weighted by molar-refractivity contribution is -0.115. The summed E-state index contributed by atoms with van der Waals surface area (Å²) < 4.78 is 4.79. The van der Waals surface area contributed by atoms with Crippen molar-refractivity contribution in [1.29, 1.82) is 0 Å². The summed E-state index contributed by atoms with van der Waals surface area (Å²) in [5.74, 6) is -1.08. The van der Waals surface area contributed by atoms with Crippen LogP contribution in [-0.2, 0) is 9.53 Å². The van der Waals surface area contributed by atoms with Gasteiger partial charge in [-0.2, -0.15) is 4.99 Å². The van der Waals surface area contributed by atoms with Gasteiger partial charge in [0, 0.05) is 0 Å². The molecule has 2 heterocycles. The maximum absolute atomic E-state index is 12.4. The van der Waals surface area contributed by atoms with Gasteiger partial charge in [0.1, 0.15) is 5.56 Å². The molecule has 0 atom stereocenters. The molecule has 0 aliphatic carbocycles. The summed E-state index contributed by atoms with van der Waals surface area (Å²) in [5.41, 5.74) is 0.0430. The third kappa shape index (κ3) is 4.01. The molecule has 30 heavy (non-hydrogen) atoms. The first-order valence-electron chi connectivity index (χ1n) is 9.09. The van der Waals surface area contributed by atoms with Gasteiger partial charge >= 0.3 is 5.97 Å². The summed E-state index contributed by atoms with van der Waals surface area (Å²) in [6.45, 7) is 1.79. The second kappa shape index (κ2) is 8.34. The van der Waals surface area contributed by atoms with Gasteiger partial charge in [0.25, 0.3) is 11.5 Å². The quantitative estimate of drug-likeness (QED) is 0.496. The average molecular weight is 420 g/mol. The van der Waals surface area contributed by atoms with E-state index >= 15 is 0 Å². The summed E-state index contributed by atoms with van der Waals surface area (Å²) in [7, 11) is 0. The first-order valence-corrected chi connectivity index (χ1v) is 9.90. The predicted molar refractivity (Wildman–Crippen MR) is 116 cm³/mol. The van der Waals surface area contributed by atoms with Crippen LogP contribution in [0.25, 0.3) is 16.8 Å². The van der Waals surface area contributed by atoms with E-state index in [1.807, 2.05) is 42.5 Å². The number of fused-ring (bicyclic) bond motifs is 1. The fourth-order valence-electron chi connectivity index (χ4n) is 2.89. The number of aromatic amines is 1. The molecule has 0 radical (unpaired) electrons. The number of aliphatic imine (C=N–C) groups is 1. The Kier molecular flexibility index (Phi) is 5.44. The van der Waals surface area contributed by atoms with Crippen molar-refractivity contribution in [3.8, 4) is 0 Å². The van der Waals surface area contributed by atoms with Gasteiger partial charge in [0.2, 0.25) is 5.95 Å². The minimum absolute atomic E-state index is 0.0257. The van der Waals surface area contributed by atoms with Crippen molar-refractivity contribution in [2.75, 3.05) is 6.61 Å². The molecule has 1 aliphatic rings. The Bertz CT molecular complexity index is 1270. The molecule has 4 rings (SSSR count). The highest BCUT2D eigenvalue weighted by Crippen LogP contribution is 2.29. The number of H-pyrrole nitrogens is 1. The van der Waals surface area contributed by atoms with Crippen molar-refractivity contribution in [3.05, 3.63) is 75.0 Å². The van der Waals surface area contributed by atoms with Gasteiger partial charge < -0.3 is 10.1 Å². The highest BCUT2D eigenvalue weighted by atomic mass is 32.2. The van der Waals surface area contributed by atoms with E-state index in [9.17, 15) is 14.4 Å². The molecule has 2 N–H and O–H groups in total. The van der Waals surface area contributed by atoms with E-state index in [1.165, 1.54) is 0 Å². The lowest BCUT2D eigenvalue weighted by atomic mass is 10.0. The van der Waals surface area contributed by atoms with Gasteiger partial charge in [-0.25, -0.2) is 9.78 Å². The Morgan fingerprint density at radius 3 is 2.80 bits per heavy atom. The molecule has 2 aromatic carbocycles. The molecule has 0 saturated carbocycles. The Labute approximate surface area is 175 Å². The molecule has 1 fully saturated rings. The number of rotatable bonds is 4. The molecular weight excluding hydrogens is 404 g/mol. The van der Waals surface area contributed by atoms with Crippen molar-refractivity contribution in [2.45, 2.75) is 6.92 Å². The van der Waals surface area contributed by atoms with Crippen LogP contribution in [0.5, 0.6) is 0 Å². The Morgan fingerprint density at radius 1 is 1.20 bits per heavy atom. The van der Waals surface area contributed by atoms with Crippen LogP contribution in [0.1, 0.15) is 22.8 Å². The van der Waals surface area contributed by atoms with Gasteiger partial charge in [-0.3, -0.25) is 14.6 Å². The van der Waals surface area contributed by atoms with E-state index in [1.54, 1.807) is 13.0 Å². The van der Waals surface area contributed by atoms with Crippen LogP contribution in [0.4, 0.5) is 5.95 Å². The third-order valence-corrected chi connectivity index (χ3v) is 5.16. The zero-order valence-electron chi connectivity index (χ0n) is 15.8. The molecular formula is C21H16N4O4S. The molecule has 9 heteroatoms. The second-order valence-electron chi connectivity index (χ2n) is 6.22. The van der Waals surface area contributed by atoms with Gasteiger partial charge in [0.05, 0.1) is 17.7 Å². The fraction of sp³-hybridized carbons (Fsp3) is 0.0952. The number of aromatic nitrogens is 2. The molecule has 0 unspecified atom stereocenters. The third-order valence-electron chi connectivity index (χ3n) is 4.25. The molecule has 0 spiro atoms. The average Bonchev–Trinajstić information content (AvgIpc) is 3.07. The second-order valence-corrected chi connectivity index (χ2v) is 7.25. The molecule has 1 saturated heterocycles. The minimum atomic E-state index is -0.755. The zero-order chi connectivity index (χ0) is 21.1. The van der Waals surface area contributed by atoms with Crippen LogP contribution in [0.15, 0.2) is 63.4 Å². The smallest absolute Gasteiger partial charge is 0.345 e. The number of hydrogen-bond acceptors (Lipinski definition) is 7. The molecule has 150 valence electrons. The monoisotopic (exact) mass is 420 g/mol. The number of amidine groups is 1. The lowest BCUT2D eigenvalue weighted by Crippen LogP contribution is -2.21. The Balaban J connectivity index is 1.60. The minimum Gasteiger partial charge on any atom is -0.462 e. The topological polar surface area (TPSA) is 114 Å². The molecule has 1 aliphatic heterocycles. The SMILES string of the molecule is CCOC(=O)c1cnc(/N=C2\NC(=O)C(=Cc3cccc4ccccc34)S2)[nH]c1=O. The number of amides is 1. The van der Waals surface area contributed by atoms with E-state index < -0.39 is 11.5 Å². The number of esters is 1. The first kappa shape index (κ1) is 19.6. The summed E-state index contributed by atoms with van der Waals surface area (Å²) in [6.07, 6.45) is 2.90. The van der Waals surface area contributed by atoms with Crippen molar-refractivity contribution < 1.29 is 14.3 Å². The van der Waals surface area contributed by atoms with Gasteiger partial charge in [0.15, 0.2) is 5.17 Å². The summed E-state index contributed by atoms with van der Waals surface area (Å²) >= 11 is 1.14.